The first-order valence-corrected chi connectivity index (χ1v) is 11.0. The molecule has 1 amide bonds. The van der Waals surface area contributed by atoms with Crippen molar-refractivity contribution in [1.82, 2.24) is 29.4 Å². The van der Waals surface area contributed by atoms with Crippen LogP contribution < -0.4 is 5.32 Å². The number of hydrogen-bond acceptors (Lipinski definition) is 5. The van der Waals surface area contributed by atoms with Crippen molar-refractivity contribution in [3.05, 3.63) is 64.9 Å². The number of amides is 1. The van der Waals surface area contributed by atoms with E-state index < -0.39 is 17.8 Å². The number of alkyl halides is 3. The number of nitrogens with zero attached hydrogens (tertiary/aromatic N) is 5. The molecule has 0 aliphatic rings. The quantitative estimate of drug-likeness (QED) is 0.394. The number of rotatable bonds is 5. The summed E-state index contributed by atoms with van der Waals surface area (Å²) in [4.78, 5) is 14.1. The highest BCUT2D eigenvalue weighted by Gasteiger charge is 2.30. The number of carbonyl (C=O) groups is 1. The van der Waals surface area contributed by atoms with E-state index in [0.29, 0.717) is 26.7 Å². The van der Waals surface area contributed by atoms with Crippen molar-refractivity contribution in [2.75, 3.05) is 6.61 Å². The number of benzene rings is 1. The number of thiophene rings is 1. The summed E-state index contributed by atoms with van der Waals surface area (Å²) in [7, 11) is 3.49. The number of aromatic nitrogens is 5. The lowest BCUT2D eigenvalue weighted by molar-refractivity contribution is -0.137. The van der Waals surface area contributed by atoms with E-state index >= 15 is 0 Å². The van der Waals surface area contributed by atoms with Crippen molar-refractivity contribution in [1.29, 1.82) is 0 Å². The van der Waals surface area contributed by atoms with Gasteiger partial charge in [-0.1, -0.05) is 0 Å². The van der Waals surface area contributed by atoms with Crippen LogP contribution in [0.25, 0.3) is 26.9 Å². The normalized spacial score (nSPS) is 13.1. The van der Waals surface area contributed by atoms with Gasteiger partial charge < -0.3 is 10.4 Å². The monoisotopic (exact) mass is 488 g/mol. The fourth-order valence-corrected chi connectivity index (χ4v) is 4.98. The Morgan fingerprint density at radius 2 is 1.85 bits per heavy atom. The van der Waals surface area contributed by atoms with Crippen molar-refractivity contribution in [2.45, 2.75) is 12.2 Å². The zero-order valence-electron chi connectivity index (χ0n) is 18.0. The van der Waals surface area contributed by atoms with Crippen LogP contribution in [0.2, 0.25) is 0 Å². The molecule has 2 N–H and O–H groups in total. The minimum Gasteiger partial charge on any atom is -0.394 e. The Balaban J connectivity index is 1.56. The Hall–Kier alpha value is -3.64. The number of fused-ring (bicyclic) bond motifs is 3. The van der Waals surface area contributed by atoms with Crippen LogP contribution in [0.1, 0.15) is 27.0 Å². The van der Waals surface area contributed by atoms with E-state index in [1.54, 1.807) is 52.6 Å². The first-order valence-electron chi connectivity index (χ1n) is 10.2. The van der Waals surface area contributed by atoms with E-state index in [2.05, 4.69) is 15.5 Å². The summed E-state index contributed by atoms with van der Waals surface area (Å²) < 4.78 is 44.0. The predicted octanol–water partition coefficient (Wildman–Crippen LogP) is 3.79. The second-order valence-electron chi connectivity index (χ2n) is 7.87. The van der Waals surface area contributed by atoms with E-state index in [-0.39, 0.29) is 12.5 Å². The molecule has 0 fully saturated rings. The van der Waals surface area contributed by atoms with Gasteiger partial charge in [-0.3, -0.25) is 18.7 Å². The number of aliphatic hydroxyl groups excluding tert-OH is 1. The molecule has 0 aliphatic heterocycles. The highest BCUT2D eigenvalue weighted by molar-refractivity contribution is 7.20. The smallest absolute Gasteiger partial charge is 0.394 e. The van der Waals surface area contributed by atoms with Gasteiger partial charge in [-0.15, -0.1) is 11.3 Å². The molecule has 0 unspecified atom stereocenters. The zero-order valence-corrected chi connectivity index (χ0v) is 18.9. The number of nitrogens with one attached hydrogen (secondary N) is 1. The molecule has 4 heterocycles. The molecule has 8 nitrogen and oxygen atoms in total. The topological polar surface area (TPSA) is 89.9 Å². The first-order chi connectivity index (χ1) is 16.2. The molecule has 0 spiro atoms. The summed E-state index contributed by atoms with van der Waals surface area (Å²) in [5.74, 6) is -0.387. The highest BCUT2D eigenvalue weighted by Crippen LogP contribution is 2.38. The number of halogens is 3. The minimum atomic E-state index is -4.43. The third-order valence-corrected chi connectivity index (χ3v) is 6.60. The van der Waals surface area contributed by atoms with Crippen LogP contribution >= 0.6 is 11.3 Å². The molecule has 5 aromatic rings. The van der Waals surface area contributed by atoms with Crippen LogP contribution in [-0.2, 0) is 20.3 Å². The second-order valence-corrected chi connectivity index (χ2v) is 8.90. The summed E-state index contributed by atoms with van der Waals surface area (Å²) in [6.45, 7) is -0.321. The van der Waals surface area contributed by atoms with E-state index in [1.165, 1.54) is 23.5 Å². The van der Waals surface area contributed by atoms with Crippen LogP contribution in [-0.4, -0.2) is 41.7 Å². The number of carbonyl (C=O) groups excluding carboxylic acids is 1. The number of aliphatic hydroxyl groups is 1. The zero-order chi connectivity index (χ0) is 24.2. The summed E-state index contributed by atoms with van der Waals surface area (Å²) in [6.07, 6.45) is -0.914. The molecule has 1 atom stereocenters. The molecule has 176 valence electrons. The third-order valence-electron chi connectivity index (χ3n) is 5.48. The fraction of sp³-hybridized carbons (Fsp3) is 0.227. The summed E-state index contributed by atoms with van der Waals surface area (Å²) in [5, 5.41) is 22.8. The van der Waals surface area contributed by atoms with Crippen molar-refractivity contribution >= 4 is 38.5 Å². The van der Waals surface area contributed by atoms with Gasteiger partial charge in [0, 0.05) is 42.9 Å². The van der Waals surface area contributed by atoms with Gasteiger partial charge in [0.1, 0.15) is 4.83 Å². The Kier molecular flexibility index (Phi) is 5.21. The van der Waals surface area contributed by atoms with Gasteiger partial charge in [0.05, 0.1) is 28.8 Å². The predicted molar refractivity (Wildman–Crippen MR) is 121 cm³/mol. The molecule has 12 heteroatoms. The molecule has 4 aromatic heterocycles. The maximum absolute atomic E-state index is 13.0. The Labute approximate surface area is 194 Å². The van der Waals surface area contributed by atoms with Crippen molar-refractivity contribution < 1.29 is 23.1 Å². The third kappa shape index (κ3) is 3.74. The lowest BCUT2D eigenvalue weighted by Crippen LogP contribution is -2.30. The molecular weight excluding hydrogens is 469 g/mol. The largest absolute Gasteiger partial charge is 0.416 e. The van der Waals surface area contributed by atoms with E-state index in [9.17, 15) is 23.1 Å². The van der Waals surface area contributed by atoms with Crippen LogP contribution in [0, 0.1) is 0 Å². The van der Waals surface area contributed by atoms with Gasteiger partial charge in [0.2, 0.25) is 0 Å². The van der Waals surface area contributed by atoms with Crippen LogP contribution in [0.5, 0.6) is 0 Å². The Morgan fingerprint density at radius 3 is 2.47 bits per heavy atom. The van der Waals surface area contributed by atoms with E-state index in [4.69, 9.17) is 0 Å². The van der Waals surface area contributed by atoms with Crippen molar-refractivity contribution in [2.24, 2.45) is 14.1 Å². The van der Waals surface area contributed by atoms with E-state index in [1.807, 2.05) is 0 Å². The van der Waals surface area contributed by atoms with E-state index in [0.717, 1.165) is 22.9 Å². The molecular formula is C22H19F3N6O2S. The number of aryl methyl sites for hydroxylation is 2. The Bertz CT molecular complexity index is 1510. The highest BCUT2D eigenvalue weighted by atomic mass is 32.1. The van der Waals surface area contributed by atoms with Gasteiger partial charge in [0.15, 0.2) is 5.65 Å². The minimum absolute atomic E-state index is 0.321. The fourth-order valence-electron chi connectivity index (χ4n) is 3.88. The molecule has 0 saturated carbocycles. The second kappa shape index (κ2) is 7.99. The summed E-state index contributed by atoms with van der Waals surface area (Å²) >= 11 is 1.20. The van der Waals surface area contributed by atoms with Gasteiger partial charge in [0.25, 0.3) is 5.91 Å². The van der Waals surface area contributed by atoms with Crippen LogP contribution in [0.15, 0.2) is 48.8 Å². The summed E-state index contributed by atoms with van der Waals surface area (Å²) in [6, 6.07) is 7.59. The molecule has 5 rings (SSSR count). The lowest BCUT2D eigenvalue weighted by atomic mass is 10.2. The summed E-state index contributed by atoms with van der Waals surface area (Å²) in [5.41, 5.74) is 0.871. The molecule has 1 aromatic carbocycles. The first kappa shape index (κ1) is 22.2. The SMILES string of the molecule is Cn1ccc([C@@H](CO)NC(=O)c2cc3c4cn(C)nc4n(-c4ccc(C(F)(F)F)cc4)c3s2)n1. The molecule has 0 aliphatic carbocycles. The molecule has 34 heavy (non-hydrogen) atoms. The standard InChI is InChI=1S/C22H19F3N6O2S/c1-29-8-7-16(27-29)17(11-32)26-20(33)18-9-14-15-10-30(2)28-19(15)31(21(14)34-18)13-5-3-12(4-6-13)22(23,24)25/h3-10,17,32H,11H2,1-2H3,(H,26,33)/t17-/m1/s1. The molecule has 0 saturated heterocycles. The van der Waals surface area contributed by atoms with Gasteiger partial charge in [-0.2, -0.15) is 23.4 Å². The molecule has 0 radical (unpaired) electrons. The average Bonchev–Trinajstić information content (AvgIpc) is 3.53. The lowest BCUT2D eigenvalue weighted by Gasteiger charge is -2.13. The maximum atomic E-state index is 13.0. The van der Waals surface area contributed by atoms with Crippen LogP contribution in [0.3, 0.4) is 0 Å². The maximum Gasteiger partial charge on any atom is 0.416 e. The Morgan fingerprint density at radius 1 is 1.12 bits per heavy atom. The number of hydrogen-bond donors (Lipinski definition) is 2. The van der Waals surface area contributed by atoms with Crippen molar-refractivity contribution in [3.8, 4) is 5.69 Å². The molecule has 0 bridgehead atoms. The average molecular weight is 488 g/mol. The van der Waals surface area contributed by atoms with Crippen molar-refractivity contribution in [3.63, 3.8) is 0 Å². The van der Waals surface area contributed by atoms with Gasteiger partial charge in [-0.05, 0) is 36.4 Å². The van der Waals surface area contributed by atoms with Gasteiger partial charge in [-0.25, -0.2) is 0 Å². The van der Waals surface area contributed by atoms with Gasteiger partial charge >= 0.3 is 6.18 Å². The van der Waals surface area contributed by atoms with Crippen LogP contribution in [0.4, 0.5) is 13.2 Å².